The Bertz CT molecular complexity index is 850. The van der Waals surface area contributed by atoms with Crippen molar-refractivity contribution < 1.29 is 23.8 Å². The van der Waals surface area contributed by atoms with Crippen LogP contribution in [0.1, 0.15) is 35.3 Å². The van der Waals surface area contributed by atoms with Crippen molar-refractivity contribution in [1.29, 1.82) is 0 Å². The number of ether oxygens (including phenoxy) is 3. The van der Waals surface area contributed by atoms with Crippen LogP contribution in [-0.2, 0) is 6.42 Å². The second-order valence-electron chi connectivity index (χ2n) is 7.79. The molecule has 6 heteroatoms. The summed E-state index contributed by atoms with van der Waals surface area (Å²) in [5, 5.41) is 11.0. The molecule has 0 radical (unpaired) electrons. The van der Waals surface area contributed by atoms with E-state index in [1.165, 1.54) is 5.56 Å². The molecule has 2 atom stereocenters. The van der Waals surface area contributed by atoms with Gasteiger partial charge < -0.3 is 23.8 Å². The first-order valence-corrected chi connectivity index (χ1v) is 9.95. The number of benzene rings is 2. The number of likely N-dealkylation sites (N-methyl/N-ethyl adjacent to an activating group) is 1. The van der Waals surface area contributed by atoms with Gasteiger partial charge in [-0.3, -0.25) is 0 Å². The Labute approximate surface area is 168 Å². The van der Waals surface area contributed by atoms with E-state index in [2.05, 4.69) is 36.1 Å². The van der Waals surface area contributed by atoms with Gasteiger partial charge in [0.05, 0.1) is 39.4 Å². The smallest absolute Gasteiger partial charge is 0.231 e. The molecular formula is C21H25BrNO4+. The van der Waals surface area contributed by atoms with E-state index in [1.54, 1.807) is 7.11 Å². The van der Waals surface area contributed by atoms with Gasteiger partial charge in [0.2, 0.25) is 12.5 Å². The highest BCUT2D eigenvalue weighted by molar-refractivity contribution is 9.10. The third-order valence-electron chi connectivity index (χ3n) is 5.78. The van der Waals surface area contributed by atoms with Gasteiger partial charge in [0, 0.05) is 17.3 Å². The molecule has 0 saturated heterocycles. The Morgan fingerprint density at radius 3 is 2.70 bits per heavy atom. The first-order chi connectivity index (χ1) is 12.9. The SMILES string of the molecule is COc1c2c(cc3c1C(CC(O)c1ccc(Br)cc1)[N+](C)(C)CC3)OCO2. The van der Waals surface area contributed by atoms with Gasteiger partial charge in [-0.15, -0.1) is 0 Å². The average molecular weight is 435 g/mol. The summed E-state index contributed by atoms with van der Waals surface area (Å²) >= 11 is 3.45. The average Bonchev–Trinajstić information content (AvgIpc) is 3.11. The van der Waals surface area contributed by atoms with Crippen LogP contribution in [0.3, 0.4) is 0 Å². The van der Waals surface area contributed by atoms with Gasteiger partial charge in [-0.05, 0) is 29.3 Å². The van der Waals surface area contributed by atoms with E-state index in [4.69, 9.17) is 14.2 Å². The van der Waals surface area contributed by atoms with Crippen molar-refractivity contribution in [3.8, 4) is 17.2 Å². The van der Waals surface area contributed by atoms with Crippen molar-refractivity contribution in [3.05, 3.63) is 51.5 Å². The number of methoxy groups -OCH3 is 1. The number of nitrogens with zero attached hydrogens (tertiary/aromatic N) is 1. The molecule has 2 aromatic carbocycles. The maximum absolute atomic E-state index is 11.0. The molecule has 0 aliphatic carbocycles. The topological polar surface area (TPSA) is 47.9 Å². The van der Waals surface area contributed by atoms with E-state index < -0.39 is 6.10 Å². The zero-order chi connectivity index (χ0) is 19.2. The van der Waals surface area contributed by atoms with Crippen molar-refractivity contribution in [2.45, 2.75) is 25.0 Å². The highest BCUT2D eigenvalue weighted by Crippen LogP contribution is 2.52. The molecule has 2 aliphatic heterocycles. The van der Waals surface area contributed by atoms with Crippen LogP contribution in [-0.4, -0.2) is 44.1 Å². The highest BCUT2D eigenvalue weighted by atomic mass is 79.9. The van der Waals surface area contributed by atoms with Crippen molar-refractivity contribution in [1.82, 2.24) is 0 Å². The van der Waals surface area contributed by atoms with Crippen molar-refractivity contribution in [2.75, 3.05) is 34.5 Å². The van der Waals surface area contributed by atoms with Gasteiger partial charge in [0.1, 0.15) is 6.04 Å². The Kier molecular flexibility index (Phi) is 4.82. The van der Waals surface area contributed by atoms with Crippen LogP contribution < -0.4 is 14.2 Å². The summed E-state index contributed by atoms with van der Waals surface area (Å²) in [6, 6.07) is 10.0. The number of fused-ring (bicyclic) bond motifs is 2. The van der Waals surface area contributed by atoms with Crippen LogP contribution in [0, 0.1) is 0 Å². The van der Waals surface area contributed by atoms with Crippen LogP contribution in [0.25, 0.3) is 0 Å². The van der Waals surface area contributed by atoms with Crippen LogP contribution >= 0.6 is 15.9 Å². The Balaban J connectivity index is 1.75. The summed E-state index contributed by atoms with van der Waals surface area (Å²) in [6.07, 6.45) is 0.999. The van der Waals surface area contributed by atoms with Crippen molar-refractivity contribution in [3.63, 3.8) is 0 Å². The molecular weight excluding hydrogens is 410 g/mol. The molecule has 0 aromatic heterocycles. The summed E-state index contributed by atoms with van der Waals surface area (Å²) in [5.41, 5.74) is 3.28. The lowest BCUT2D eigenvalue weighted by atomic mass is 9.85. The van der Waals surface area contributed by atoms with Gasteiger partial charge in [-0.1, -0.05) is 28.1 Å². The Morgan fingerprint density at radius 1 is 1.26 bits per heavy atom. The zero-order valence-corrected chi connectivity index (χ0v) is 17.5. The molecule has 0 fully saturated rings. The Hall–Kier alpha value is -1.76. The minimum absolute atomic E-state index is 0.0943. The summed E-state index contributed by atoms with van der Waals surface area (Å²) in [4.78, 5) is 0. The standard InChI is InChI=1S/C21H25BrNO4/c1-23(2)9-8-14-10-18-20(27-12-26-18)21(25-3)19(14)16(23)11-17(24)13-4-6-15(22)7-5-13/h4-7,10,16-17,24H,8-9,11-12H2,1-3H3/q+1. The first-order valence-electron chi connectivity index (χ1n) is 9.16. The normalized spacial score (nSPS) is 20.9. The van der Waals surface area contributed by atoms with Crippen LogP contribution in [0.15, 0.2) is 34.8 Å². The second kappa shape index (κ2) is 7.00. The number of rotatable bonds is 4. The highest BCUT2D eigenvalue weighted by Gasteiger charge is 2.42. The predicted octanol–water partition coefficient (Wildman–Crippen LogP) is 3.98. The van der Waals surface area contributed by atoms with Crippen molar-refractivity contribution in [2.24, 2.45) is 0 Å². The largest absolute Gasteiger partial charge is 0.492 e. The van der Waals surface area contributed by atoms with E-state index in [9.17, 15) is 5.11 Å². The van der Waals surface area contributed by atoms with Gasteiger partial charge in [-0.2, -0.15) is 0 Å². The lowest BCUT2D eigenvalue weighted by molar-refractivity contribution is -0.924. The fourth-order valence-corrected chi connectivity index (χ4v) is 4.47. The maximum Gasteiger partial charge on any atom is 0.231 e. The van der Waals surface area contributed by atoms with E-state index in [1.807, 2.05) is 24.3 Å². The lowest BCUT2D eigenvalue weighted by Gasteiger charge is -2.44. The third kappa shape index (κ3) is 3.30. The predicted molar refractivity (Wildman–Crippen MR) is 106 cm³/mol. The fraction of sp³-hybridized carbons (Fsp3) is 0.429. The molecule has 0 saturated carbocycles. The summed E-state index contributed by atoms with van der Waals surface area (Å²) in [6.45, 7) is 1.21. The monoisotopic (exact) mass is 434 g/mol. The molecule has 2 unspecified atom stereocenters. The lowest BCUT2D eigenvalue weighted by Crippen LogP contribution is -2.48. The molecule has 2 aromatic rings. The molecule has 144 valence electrons. The molecule has 5 nitrogen and oxygen atoms in total. The molecule has 0 bridgehead atoms. The summed E-state index contributed by atoms with van der Waals surface area (Å²) in [5.74, 6) is 2.19. The van der Waals surface area contributed by atoms with Gasteiger partial charge >= 0.3 is 0 Å². The summed E-state index contributed by atoms with van der Waals surface area (Å²) < 4.78 is 18.9. The number of quaternary nitrogens is 1. The minimum atomic E-state index is -0.554. The first kappa shape index (κ1) is 18.6. The fourth-order valence-electron chi connectivity index (χ4n) is 4.20. The summed E-state index contributed by atoms with van der Waals surface area (Å²) in [7, 11) is 6.10. The van der Waals surface area contributed by atoms with Crippen LogP contribution in [0.5, 0.6) is 17.2 Å². The second-order valence-corrected chi connectivity index (χ2v) is 8.70. The molecule has 27 heavy (non-hydrogen) atoms. The third-order valence-corrected chi connectivity index (χ3v) is 6.31. The van der Waals surface area contributed by atoms with Gasteiger partial charge in [0.15, 0.2) is 11.5 Å². The molecule has 2 aliphatic rings. The number of halogens is 1. The van der Waals surface area contributed by atoms with Gasteiger partial charge in [-0.25, -0.2) is 0 Å². The molecule has 0 spiro atoms. The molecule has 0 amide bonds. The number of hydrogen-bond donors (Lipinski definition) is 1. The maximum atomic E-state index is 11.0. The Morgan fingerprint density at radius 2 is 2.00 bits per heavy atom. The van der Waals surface area contributed by atoms with E-state index in [0.717, 1.165) is 44.5 Å². The quantitative estimate of drug-likeness (QED) is 0.739. The molecule has 4 rings (SSSR count). The van der Waals surface area contributed by atoms with Crippen LogP contribution in [0.2, 0.25) is 0 Å². The molecule has 1 N–H and O–H groups in total. The van der Waals surface area contributed by atoms with Crippen molar-refractivity contribution >= 4 is 15.9 Å². The molecule has 2 heterocycles. The number of hydrogen-bond acceptors (Lipinski definition) is 4. The van der Waals surface area contributed by atoms with E-state index >= 15 is 0 Å². The number of aliphatic hydroxyl groups excluding tert-OH is 1. The minimum Gasteiger partial charge on any atom is -0.492 e. The van der Waals surface area contributed by atoms with E-state index in [0.29, 0.717) is 12.2 Å². The van der Waals surface area contributed by atoms with Crippen LogP contribution in [0.4, 0.5) is 0 Å². The van der Waals surface area contributed by atoms with E-state index in [-0.39, 0.29) is 12.8 Å². The van der Waals surface area contributed by atoms with Gasteiger partial charge in [0.25, 0.3) is 0 Å². The zero-order valence-electron chi connectivity index (χ0n) is 15.9. The number of aliphatic hydroxyl groups is 1.